The molecule has 0 saturated heterocycles. The van der Waals surface area contributed by atoms with Crippen molar-refractivity contribution in [3.8, 4) is 0 Å². The quantitative estimate of drug-likeness (QED) is 0.571. The maximum absolute atomic E-state index is 5.57. The van der Waals surface area contributed by atoms with Gasteiger partial charge < -0.3 is 10.5 Å². The fourth-order valence-corrected chi connectivity index (χ4v) is 0.894. The van der Waals surface area contributed by atoms with E-state index in [9.17, 15) is 0 Å². The van der Waals surface area contributed by atoms with Gasteiger partial charge in [-0.1, -0.05) is 0 Å². The van der Waals surface area contributed by atoms with Crippen LogP contribution >= 0.6 is 0 Å². The predicted octanol–water partition coefficient (Wildman–Crippen LogP) is 1.03. The summed E-state index contributed by atoms with van der Waals surface area (Å²) in [6, 6.07) is 0.0744. The van der Waals surface area contributed by atoms with Crippen molar-refractivity contribution in [2.45, 2.75) is 25.8 Å². The molecule has 0 amide bonds. The number of ether oxygens (including phenoxy) is 1. The standard InChI is InChI=1S/C7H13NO/c1-6(8)7-4-2-3-5-9-7/h4,6H,2-3,5,8H2,1H3. The van der Waals surface area contributed by atoms with Crippen molar-refractivity contribution in [1.82, 2.24) is 0 Å². The Bertz CT molecular complexity index is 118. The molecule has 0 saturated carbocycles. The third-order valence-electron chi connectivity index (χ3n) is 1.41. The summed E-state index contributed by atoms with van der Waals surface area (Å²) < 4.78 is 5.28. The molecule has 0 spiro atoms. The molecular formula is C7H13NO. The van der Waals surface area contributed by atoms with E-state index in [1.54, 1.807) is 0 Å². The molecule has 0 aromatic rings. The summed E-state index contributed by atoms with van der Waals surface area (Å²) in [6.07, 6.45) is 4.33. The second-order valence-electron chi connectivity index (χ2n) is 2.39. The molecule has 52 valence electrons. The van der Waals surface area contributed by atoms with Crippen molar-refractivity contribution in [1.29, 1.82) is 0 Å². The molecule has 0 bridgehead atoms. The minimum atomic E-state index is 0.0744. The van der Waals surface area contributed by atoms with E-state index in [0.29, 0.717) is 0 Å². The second kappa shape index (κ2) is 2.87. The Labute approximate surface area is 55.7 Å². The highest BCUT2D eigenvalue weighted by atomic mass is 16.5. The first-order valence-corrected chi connectivity index (χ1v) is 3.39. The molecule has 1 unspecified atom stereocenters. The lowest BCUT2D eigenvalue weighted by Crippen LogP contribution is -2.21. The van der Waals surface area contributed by atoms with Gasteiger partial charge in [0.05, 0.1) is 12.6 Å². The summed E-state index contributed by atoms with van der Waals surface area (Å²) in [4.78, 5) is 0. The van der Waals surface area contributed by atoms with Gasteiger partial charge in [0, 0.05) is 0 Å². The molecule has 0 aromatic heterocycles. The zero-order chi connectivity index (χ0) is 6.69. The molecule has 9 heavy (non-hydrogen) atoms. The van der Waals surface area contributed by atoms with Crippen LogP contribution in [0.25, 0.3) is 0 Å². The summed E-state index contributed by atoms with van der Waals surface area (Å²) in [5, 5.41) is 0. The van der Waals surface area contributed by atoms with Crippen LogP contribution in [0.1, 0.15) is 19.8 Å². The lowest BCUT2D eigenvalue weighted by atomic mass is 10.2. The van der Waals surface area contributed by atoms with E-state index < -0.39 is 0 Å². The Morgan fingerprint density at radius 3 is 2.89 bits per heavy atom. The van der Waals surface area contributed by atoms with Gasteiger partial charge >= 0.3 is 0 Å². The smallest absolute Gasteiger partial charge is 0.108 e. The summed E-state index contributed by atoms with van der Waals surface area (Å²) in [7, 11) is 0. The number of nitrogens with two attached hydrogens (primary N) is 1. The van der Waals surface area contributed by atoms with Crippen molar-refractivity contribution in [3.63, 3.8) is 0 Å². The Hall–Kier alpha value is -0.500. The SMILES string of the molecule is CC(N)C1=CCCCO1. The van der Waals surface area contributed by atoms with Crippen LogP contribution in [-0.4, -0.2) is 12.6 Å². The molecule has 1 aliphatic rings. The van der Waals surface area contributed by atoms with Gasteiger partial charge in [-0.05, 0) is 25.8 Å². The highest BCUT2D eigenvalue weighted by Crippen LogP contribution is 2.11. The summed E-state index contributed by atoms with van der Waals surface area (Å²) in [6.45, 7) is 2.78. The maximum atomic E-state index is 5.57. The Balaban J connectivity index is 2.46. The molecule has 1 aliphatic heterocycles. The highest BCUT2D eigenvalue weighted by Gasteiger charge is 2.07. The first kappa shape index (κ1) is 6.62. The van der Waals surface area contributed by atoms with E-state index in [1.807, 2.05) is 6.92 Å². The second-order valence-corrected chi connectivity index (χ2v) is 2.39. The van der Waals surface area contributed by atoms with Crippen LogP contribution in [0.4, 0.5) is 0 Å². The normalized spacial score (nSPS) is 22.2. The van der Waals surface area contributed by atoms with Gasteiger partial charge in [0.2, 0.25) is 0 Å². The molecule has 1 atom stereocenters. The Kier molecular flexibility index (Phi) is 2.11. The van der Waals surface area contributed by atoms with E-state index in [2.05, 4.69) is 6.08 Å². The molecule has 0 radical (unpaired) electrons. The first-order chi connectivity index (χ1) is 4.30. The molecule has 0 aromatic carbocycles. The van der Waals surface area contributed by atoms with E-state index in [4.69, 9.17) is 10.5 Å². The predicted molar refractivity (Wildman–Crippen MR) is 36.9 cm³/mol. The molecule has 1 rings (SSSR count). The Morgan fingerprint density at radius 1 is 1.78 bits per heavy atom. The minimum absolute atomic E-state index is 0.0744. The molecule has 2 nitrogen and oxygen atoms in total. The zero-order valence-corrected chi connectivity index (χ0v) is 5.76. The number of hydrogen-bond acceptors (Lipinski definition) is 2. The van der Waals surface area contributed by atoms with Gasteiger partial charge in [0.15, 0.2) is 0 Å². The van der Waals surface area contributed by atoms with Crippen LogP contribution in [0.5, 0.6) is 0 Å². The van der Waals surface area contributed by atoms with E-state index in [-0.39, 0.29) is 6.04 Å². The fourth-order valence-electron chi connectivity index (χ4n) is 0.894. The lowest BCUT2D eigenvalue weighted by molar-refractivity contribution is 0.178. The molecule has 2 N–H and O–H groups in total. The van der Waals surface area contributed by atoms with E-state index in [0.717, 1.165) is 25.2 Å². The summed E-state index contributed by atoms with van der Waals surface area (Å²) in [5.41, 5.74) is 5.57. The fraction of sp³-hybridized carbons (Fsp3) is 0.714. The van der Waals surface area contributed by atoms with Crippen LogP contribution < -0.4 is 5.73 Å². The molecular weight excluding hydrogens is 114 g/mol. The topological polar surface area (TPSA) is 35.2 Å². The number of allylic oxidation sites excluding steroid dienone is 1. The highest BCUT2D eigenvalue weighted by molar-refractivity contribution is 5.02. The van der Waals surface area contributed by atoms with Crippen molar-refractivity contribution in [3.05, 3.63) is 11.8 Å². The average Bonchev–Trinajstić information content (AvgIpc) is 1.90. The largest absolute Gasteiger partial charge is 0.497 e. The van der Waals surface area contributed by atoms with Crippen LogP contribution in [-0.2, 0) is 4.74 Å². The monoisotopic (exact) mass is 127 g/mol. The van der Waals surface area contributed by atoms with Gasteiger partial charge in [-0.15, -0.1) is 0 Å². The van der Waals surface area contributed by atoms with Crippen LogP contribution in [0.3, 0.4) is 0 Å². The van der Waals surface area contributed by atoms with Crippen LogP contribution in [0.15, 0.2) is 11.8 Å². The van der Waals surface area contributed by atoms with E-state index in [1.165, 1.54) is 0 Å². The van der Waals surface area contributed by atoms with Crippen molar-refractivity contribution in [2.75, 3.05) is 6.61 Å². The molecule has 2 heteroatoms. The van der Waals surface area contributed by atoms with Gasteiger partial charge in [-0.2, -0.15) is 0 Å². The molecule has 0 fully saturated rings. The first-order valence-electron chi connectivity index (χ1n) is 3.39. The van der Waals surface area contributed by atoms with Gasteiger partial charge in [0.25, 0.3) is 0 Å². The van der Waals surface area contributed by atoms with Crippen LogP contribution in [0, 0.1) is 0 Å². The summed E-state index contributed by atoms with van der Waals surface area (Å²) >= 11 is 0. The van der Waals surface area contributed by atoms with Gasteiger partial charge in [-0.3, -0.25) is 0 Å². The zero-order valence-electron chi connectivity index (χ0n) is 5.76. The van der Waals surface area contributed by atoms with Gasteiger partial charge in [0.1, 0.15) is 5.76 Å². The van der Waals surface area contributed by atoms with Crippen molar-refractivity contribution < 1.29 is 4.74 Å². The molecule has 0 aliphatic carbocycles. The number of hydrogen-bond donors (Lipinski definition) is 1. The summed E-state index contributed by atoms with van der Waals surface area (Å²) in [5.74, 6) is 0.959. The van der Waals surface area contributed by atoms with Gasteiger partial charge in [-0.25, -0.2) is 0 Å². The third-order valence-corrected chi connectivity index (χ3v) is 1.41. The third kappa shape index (κ3) is 1.72. The molecule has 1 heterocycles. The number of rotatable bonds is 1. The maximum Gasteiger partial charge on any atom is 0.108 e. The lowest BCUT2D eigenvalue weighted by Gasteiger charge is -2.17. The average molecular weight is 127 g/mol. The van der Waals surface area contributed by atoms with Crippen molar-refractivity contribution >= 4 is 0 Å². The van der Waals surface area contributed by atoms with Crippen LogP contribution in [0.2, 0.25) is 0 Å². The van der Waals surface area contributed by atoms with Crippen molar-refractivity contribution in [2.24, 2.45) is 5.73 Å². The Morgan fingerprint density at radius 2 is 2.56 bits per heavy atom. The van der Waals surface area contributed by atoms with E-state index >= 15 is 0 Å². The minimum Gasteiger partial charge on any atom is -0.497 e.